The quantitative estimate of drug-likeness (QED) is 0.0139. The predicted octanol–water partition coefficient (Wildman–Crippen LogP) is -4.86. The summed E-state index contributed by atoms with van der Waals surface area (Å²) in [5.41, 5.74) is 27.3. The fourth-order valence-electron chi connectivity index (χ4n) is 5.16. The molecule has 0 aliphatic heterocycles. The van der Waals surface area contributed by atoms with Gasteiger partial charge in [-0.05, 0) is 57.8 Å². The molecule has 0 rings (SSSR count). The number of hydrogen-bond donors (Lipinski definition) is 15. The number of guanidine groups is 2. The van der Waals surface area contributed by atoms with Crippen molar-refractivity contribution in [3.05, 3.63) is 0 Å². The Morgan fingerprint density at radius 3 is 1.33 bits per heavy atom. The molecule has 0 aromatic heterocycles. The monoisotopic (exact) mass is 875 g/mol. The van der Waals surface area contributed by atoms with Crippen LogP contribution in [0.15, 0.2) is 9.98 Å². The van der Waals surface area contributed by atoms with E-state index >= 15 is 0 Å². The van der Waals surface area contributed by atoms with E-state index in [0.717, 1.165) is 0 Å². The Balaban J connectivity index is 6.30. The van der Waals surface area contributed by atoms with Crippen molar-refractivity contribution in [2.75, 3.05) is 18.8 Å². The van der Waals surface area contributed by atoms with Gasteiger partial charge in [0.25, 0.3) is 0 Å². The maximum Gasteiger partial charge on any atom is 0.327 e. The van der Waals surface area contributed by atoms with Gasteiger partial charge in [-0.2, -0.15) is 12.6 Å². The summed E-state index contributed by atoms with van der Waals surface area (Å²) < 4.78 is 0. The molecule has 340 valence electrons. The molecule has 0 aliphatic rings. The van der Waals surface area contributed by atoms with Crippen LogP contribution in [0, 0.1) is 5.92 Å². The number of nitrogens with two attached hydrogens (primary N) is 5. The highest BCUT2D eigenvalue weighted by atomic mass is 32.1. The molecule has 0 aromatic carbocycles. The van der Waals surface area contributed by atoms with Crippen LogP contribution < -0.4 is 60.6 Å². The summed E-state index contributed by atoms with van der Waals surface area (Å²) in [4.78, 5) is 122. The highest BCUT2D eigenvalue weighted by Crippen LogP contribution is 2.09. The highest BCUT2D eigenvalue weighted by molar-refractivity contribution is 7.80. The molecule has 0 aromatic rings. The van der Waals surface area contributed by atoms with Gasteiger partial charge in [-0.3, -0.25) is 48.3 Å². The molecule has 7 unspecified atom stereocenters. The molecule has 0 spiro atoms. The molecule has 0 saturated carbocycles. The zero-order valence-corrected chi connectivity index (χ0v) is 34.7. The summed E-state index contributed by atoms with van der Waals surface area (Å²) in [5, 5.41) is 42.3. The van der Waals surface area contributed by atoms with Crippen LogP contribution in [0.5, 0.6) is 0 Å². The number of aliphatic carboxylic acids is 3. The average Bonchev–Trinajstić information content (AvgIpc) is 3.15. The first-order valence-corrected chi connectivity index (χ1v) is 19.6. The SMILES string of the molecule is CC(C)CC(NC(=O)C(C)NC(=O)C(CCC(=O)O)NC(=O)C(CCCN=C(N)N)NC(=O)C(CCC(=O)O)NC(=O)C(N)CCCN=C(N)N)C(=O)NC(CS)C(=O)O. The van der Waals surface area contributed by atoms with Crippen molar-refractivity contribution in [3.8, 4) is 0 Å². The second kappa shape index (κ2) is 28.5. The topological polar surface area (TPSA) is 441 Å². The van der Waals surface area contributed by atoms with Crippen molar-refractivity contribution in [3.63, 3.8) is 0 Å². The molecular weight excluding hydrogens is 815 g/mol. The lowest BCUT2D eigenvalue weighted by Crippen LogP contribution is -2.59. The van der Waals surface area contributed by atoms with E-state index in [0.29, 0.717) is 0 Å². The van der Waals surface area contributed by atoms with E-state index in [4.69, 9.17) is 28.7 Å². The van der Waals surface area contributed by atoms with Gasteiger partial charge in [0.15, 0.2) is 11.9 Å². The molecule has 60 heavy (non-hydrogen) atoms. The number of carbonyl (C=O) groups excluding carboxylic acids is 6. The van der Waals surface area contributed by atoms with Gasteiger partial charge in [0.1, 0.15) is 36.3 Å². The van der Waals surface area contributed by atoms with Crippen molar-refractivity contribution < 1.29 is 58.5 Å². The molecule has 0 bridgehead atoms. The number of nitrogens with one attached hydrogen (secondary N) is 6. The van der Waals surface area contributed by atoms with Crippen molar-refractivity contribution >= 4 is 77.9 Å². The molecule has 0 saturated heterocycles. The van der Waals surface area contributed by atoms with Crippen LogP contribution in [0.4, 0.5) is 0 Å². The fourth-order valence-corrected chi connectivity index (χ4v) is 5.40. The van der Waals surface area contributed by atoms with Crippen LogP contribution in [-0.2, 0) is 43.2 Å². The maximum absolute atomic E-state index is 13.7. The molecule has 25 nitrogen and oxygen atoms in total. The third-order valence-corrected chi connectivity index (χ3v) is 8.70. The molecule has 0 heterocycles. The molecule has 7 atom stereocenters. The number of rotatable bonds is 30. The van der Waals surface area contributed by atoms with Crippen LogP contribution in [0.3, 0.4) is 0 Å². The van der Waals surface area contributed by atoms with Gasteiger partial charge in [0, 0.05) is 31.7 Å². The minimum Gasteiger partial charge on any atom is -0.481 e. The largest absolute Gasteiger partial charge is 0.481 e. The summed E-state index contributed by atoms with van der Waals surface area (Å²) in [7, 11) is 0. The number of carbonyl (C=O) groups is 9. The first-order valence-electron chi connectivity index (χ1n) is 18.9. The van der Waals surface area contributed by atoms with Crippen molar-refractivity contribution in [2.45, 2.75) is 121 Å². The summed E-state index contributed by atoms with van der Waals surface area (Å²) in [6.07, 6.45) is -1.79. The molecule has 0 aliphatic carbocycles. The summed E-state index contributed by atoms with van der Waals surface area (Å²) in [6.45, 7) is 4.88. The predicted molar refractivity (Wildman–Crippen MR) is 220 cm³/mol. The van der Waals surface area contributed by atoms with E-state index < -0.39 is 121 Å². The van der Waals surface area contributed by atoms with Gasteiger partial charge in [-0.1, -0.05) is 13.8 Å². The zero-order chi connectivity index (χ0) is 46.1. The van der Waals surface area contributed by atoms with Gasteiger partial charge in [0.2, 0.25) is 35.4 Å². The Kier molecular flexibility index (Phi) is 25.7. The molecule has 26 heteroatoms. The standard InChI is InChI=1S/C34H61N13O12S/c1-16(2)14-22(31(57)47-23(15-60)32(58)59)46-26(52)17(3)42-28(54)20(8-10-24(48)49)45-29(55)19(7-5-13-41-34(38)39)44-30(56)21(9-11-25(50)51)43-27(53)18(35)6-4-12-40-33(36)37/h16-23,60H,4-15,35H2,1-3H3,(H,42,54)(H,43,53)(H,44,56)(H,45,55)(H,46,52)(H,47,57)(H,48,49)(H,50,51)(H,58,59)(H4,36,37,40)(H4,38,39,41). The van der Waals surface area contributed by atoms with Crippen LogP contribution in [0.1, 0.15) is 78.6 Å². The lowest BCUT2D eigenvalue weighted by molar-refractivity contribution is -0.142. The maximum atomic E-state index is 13.7. The Bertz CT molecular complexity index is 1560. The molecular formula is C34H61N13O12S. The van der Waals surface area contributed by atoms with Gasteiger partial charge >= 0.3 is 17.9 Å². The Labute approximate surface area is 352 Å². The van der Waals surface area contributed by atoms with Crippen molar-refractivity contribution in [2.24, 2.45) is 44.6 Å². The first kappa shape index (κ1) is 54.1. The second-order valence-corrected chi connectivity index (χ2v) is 14.4. The van der Waals surface area contributed by atoms with E-state index in [2.05, 4.69) is 54.5 Å². The summed E-state index contributed by atoms with van der Waals surface area (Å²) in [5.74, 6) is -10.4. The van der Waals surface area contributed by atoms with E-state index in [-0.39, 0.29) is 68.8 Å². The minimum absolute atomic E-state index is 0.0210. The summed E-state index contributed by atoms with van der Waals surface area (Å²) in [6, 6.07) is -9.72. The number of aliphatic imine (C=N–C) groups is 2. The number of amides is 6. The highest BCUT2D eigenvalue weighted by Gasteiger charge is 2.33. The number of nitrogens with zero attached hydrogens (tertiary/aromatic N) is 2. The number of hydrogen-bond acceptors (Lipinski definition) is 13. The van der Waals surface area contributed by atoms with E-state index in [9.17, 15) is 58.5 Å². The number of thiol groups is 1. The molecule has 6 amide bonds. The Morgan fingerprint density at radius 1 is 0.533 bits per heavy atom. The molecule has 0 radical (unpaired) electrons. The van der Waals surface area contributed by atoms with E-state index in [1.807, 2.05) is 0 Å². The van der Waals surface area contributed by atoms with Crippen LogP contribution >= 0.6 is 12.6 Å². The third kappa shape index (κ3) is 23.5. The normalized spacial score (nSPS) is 14.3. The van der Waals surface area contributed by atoms with Gasteiger partial charge in [-0.15, -0.1) is 0 Å². The fraction of sp³-hybridized carbons (Fsp3) is 0.676. The van der Waals surface area contributed by atoms with Crippen LogP contribution in [-0.4, -0.2) is 142 Å². The zero-order valence-electron chi connectivity index (χ0n) is 33.8. The van der Waals surface area contributed by atoms with Crippen LogP contribution in [0.2, 0.25) is 0 Å². The first-order chi connectivity index (χ1) is 28.0. The molecule has 19 N–H and O–H groups in total. The van der Waals surface area contributed by atoms with Crippen molar-refractivity contribution in [1.82, 2.24) is 31.9 Å². The number of carboxylic acid groups (broad SMARTS) is 3. The minimum atomic E-state index is -1.61. The Hall–Kier alpha value is -5.92. The second-order valence-electron chi connectivity index (χ2n) is 14.1. The number of carboxylic acids is 3. The third-order valence-electron chi connectivity index (χ3n) is 8.33. The van der Waals surface area contributed by atoms with Gasteiger partial charge in [-0.25, -0.2) is 4.79 Å². The van der Waals surface area contributed by atoms with Gasteiger partial charge < -0.3 is 75.9 Å². The lowest BCUT2D eigenvalue weighted by Gasteiger charge is -2.27. The summed E-state index contributed by atoms with van der Waals surface area (Å²) >= 11 is 3.92. The lowest BCUT2D eigenvalue weighted by atomic mass is 10.0. The Morgan fingerprint density at radius 2 is 0.917 bits per heavy atom. The smallest absolute Gasteiger partial charge is 0.327 e. The van der Waals surface area contributed by atoms with Crippen molar-refractivity contribution in [1.29, 1.82) is 0 Å². The van der Waals surface area contributed by atoms with E-state index in [1.165, 1.54) is 6.92 Å². The molecule has 0 fully saturated rings. The van der Waals surface area contributed by atoms with Gasteiger partial charge in [0.05, 0.1) is 6.04 Å². The average molecular weight is 876 g/mol. The van der Waals surface area contributed by atoms with Crippen LogP contribution in [0.25, 0.3) is 0 Å². The van der Waals surface area contributed by atoms with E-state index in [1.54, 1.807) is 13.8 Å².